The summed E-state index contributed by atoms with van der Waals surface area (Å²) >= 11 is 0. The number of anilines is 1. The van der Waals surface area contributed by atoms with Gasteiger partial charge in [-0.2, -0.15) is 0 Å². The quantitative estimate of drug-likeness (QED) is 0.804. The summed E-state index contributed by atoms with van der Waals surface area (Å²) in [6.45, 7) is 7.88. The van der Waals surface area contributed by atoms with Gasteiger partial charge in [0.1, 0.15) is 6.04 Å². The first-order valence-corrected chi connectivity index (χ1v) is 10.5. The zero-order valence-corrected chi connectivity index (χ0v) is 17.3. The van der Waals surface area contributed by atoms with Crippen LogP contribution in [0.15, 0.2) is 48.5 Å². The third-order valence-corrected chi connectivity index (χ3v) is 6.32. The molecule has 152 valence electrons. The fourth-order valence-corrected chi connectivity index (χ4v) is 4.43. The van der Waals surface area contributed by atoms with Gasteiger partial charge < -0.3 is 14.7 Å². The van der Waals surface area contributed by atoms with E-state index in [4.69, 9.17) is 0 Å². The molecule has 0 spiro atoms. The van der Waals surface area contributed by atoms with Crippen LogP contribution >= 0.6 is 0 Å². The van der Waals surface area contributed by atoms with Gasteiger partial charge in [0.2, 0.25) is 11.8 Å². The number of benzene rings is 2. The highest BCUT2D eigenvalue weighted by Gasteiger charge is 2.38. The third kappa shape index (κ3) is 4.00. The second kappa shape index (κ2) is 8.27. The highest BCUT2D eigenvalue weighted by Crippen LogP contribution is 2.26. The molecule has 5 nitrogen and oxygen atoms in total. The molecule has 2 aliphatic heterocycles. The van der Waals surface area contributed by atoms with E-state index in [1.54, 1.807) is 4.90 Å². The van der Waals surface area contributed by atoms with Crippen molar-refractivity contribution in [3.8, 4) is 0 Å². The van der Waals surface area contributed by atoms with Crippen molar-refractivity contribution in [3.63, 3.8) is 0 Å². The van der Waals surface area contributed by atoms with E-state index in [2.05, 4.69) is 36.9 Å². The lowest BCUT2D eigenvalue weighted by atomic mass is 10.1. The molecule has 0 bridgehead atoms. The van der Waals surface area contributed by atoms with Crippen LogP contribution in [0.3, 0.4) is 0 Å². The Morgan fingerprint density at radius 3 is 2.41 bits per heavy atom. The van der Waals surface area contributed by atoms with Gasteiger partial charge in [-0.1, -0.05) is 42.5 Å². The maximum atomic E-state index is 13.2. The van der Waals surface area contributed by atoms with Gasteiger partial charge in [0, 0.05) is 44.8 Å². The van der Waals surface area contributed by atoms with Gasteiger partial charge in [0.25, 0.3) is 0 Å². The molecule has 1 atom stereocenters. The van der Waals surface area contributed by atoms with Gasteiger partial charge in [-0.3, -0.25) is 9.59 Å². The predicted octanol–water partition coefficient (Wildman–Crippen LogP) is 3.14. The molecular weight excluding hydrogens is 362 g/mol. The summed E-state index contributed by atoms with van der Waals surface area (Å²) in [5, 5.41) is 0. The Kier molecular flexibility index (Phi) is 5.56. The Morgan fingerprint density at radius 2 is 1.69 bits per heavy atom. The maximum Gasteiger partial charge on any atom is 0.245 e. The van der Waals surface area contributed by atoms with Crippen LogP contribution in [-0.4, -0.2) is 53.8 Å². The number of carbonyl (C=O) groups is 2. The van der Waals surface area contributed by atoms with Crippen molar-refractivity contribution < 1.29 is 9.59 Å². The molecule has 0 aliphatic carbocycles. The molecule has 29 heavy (non-hydrogen) atoms. The van der Waals surface area contributed by atoms with E-state index < -0.39 is 0 Å². The maximum absolute atomic E-state index is 13.2. The van der Waals surface area contributed by atoms with Crippen molar-refractivity contribution in [1.29, 1.82) is 0 Å². The van der Waals surface area contributed by atoms with E-state index in [9.17, 15) is 9.59 Å². The van der Waals surface area contributed by atoms with Crippen LogP contribution in [-0.2, 0) is 16.1 Å². The van der Waals surface area contributed by atoms with E-state index in [-0.39, 0.29) is 17.9 Å². The van der Waals surface area contributed by atoms with Crippen LogP contribution in [0.4, 0.5) is 5.69 Å². The zero-order valence-electron chi connectivity index (χ0n) is 17.3. The number of aryl methyl sites for hydroxylation is 1. The number of carbonyl (C=O) groups excluding carboxylic acids is 2. The SMILES string of the molecule is Cc1cccc(N2CCN(C(=O)C3CCC(=O)N3Cc3ccccc3)CC2)c1C. The van der Waals surface area contributed by atoms with Crippen LogP contribution in [0, 0.1) is 13.8 Å². The summed E-state index contributed by atoms with van der Waals surface area (Å²) in [5.41, 5.74) is 4.93. The summed E-state index contributed by atoms with van der Waals surface area (Å²) < 4.78 is 0. The van der Waals surface area contributed by atoms with Gasteiger partial charge in [0.15, 0.2) is 0 Å². The molecule has 2 aromatic carbocycles. The minimum absolute atomic E-state index is 0.0845. The molecule has 1 unspecified atom stereocenters. The lowest BCUT2D eigenvalue weighted by molar-refractivity contribution is -0.142. The number of rotatable bonds is 4. The Balaban J connectivity index is 1.41. The van der Waals surface area contributed by atoms with E-state index in [1.807, 2.05) is 35.2 Å². The Bertz CT molecular complexity index is 888. The summed E-state index contributed by atoms with van der Waals surface area (Å²) in [6.07, 6.45) is 1.09. The minimum atomic E-state index is -0.324. The average molecular weight is 392 g/mol. The third-order valence-electron chi connectivity index (χ3n) is 6.32. The molecule has 2 saturated heterocycles. The van der Waals surface area contributed by atoms with Gasteiger partial charge in [0.05, 0.1) is 0 Å². The van der Waals surface area contributed by atoms with Gasteiger partial charge >= 0.3 is 0 Å². The van der Waals surface area contributed by atoms with Crippen molar-refractivity contribution in [1.82, 2.24) is 9.80 Å². The molecular formula is C24H29N3O2. The van der Waals surface area contributed by atoms with Crippen molar-refractivity contribution >= 4 is 17.5 Å². The lowest BCUT2D eigenvalue weighted by Gasteiger charge is -2.39. The molecule has 0 saturated carbocycles. The van der Waals surface area contributed by atoms with Crippen molar-refractivity contribution in [2.45, 2.75) is 39.3 Å². The largest absolute Gasteiger partial charge is 0.368 e. The molecule has 2 amide bonds. The number of nitrogens with zero attached hydrogens (tertiary/aromatic N) is 3. The highest BCUT2D eigenvalue weighted by molar-refractivity contribution is 5.91. The van der Waals surface area contributed by atoms with Crippen LogP contribution in [0.25, 0.3) is 0 Å². The fourth-order valence-electron chi connectivity index (χ4n) is 4.43. The minimum Gasteiger partial charge on any atom is -0.368 e. The van der Waals surface area contributed by atoms with Crippen LogP contribution in [0.1, 0.15) is 29.5 Å². The van der Waals surface area contributed by atoms with E-state index >= 15 is 0 Å². The van der Waals surface area contributed by atoms with Crippen molar-refractivity contribution in [2.75, 3.05) is 31.1 Å². The monoisotopic (exact) mass is 391 g/mol. The first-order chi connectivity index (χ1) is 14.0. The van der Waals surface area contributed by atoms with Gasteiger partial charge in [-0.15, -0.1) is 0 Å². The topological polar surface area (TPSA) is 43.9 Å². The Morgan fingerprint density at radius 1 is 0.966 bits per heavy atom. The zero-order chi connectivity index (χ0) is 20.4. The molecule has 4 rings (SSSR count). The molecule has 2 fully saturated rings. The molecule has 2 aliphatic rings. The first kappa shape index (κ1) is 19.5. The average Bonchev–Trinajstić information content (AvgIpc) is 3.11. The number of hydrogen-bond acceptors (Lipinski definition) is 3. The molecule has 2 aromatic rings. The van der Waals surface area contributed by atoms with E-state index in [0.717, 1.165) is 18.7 Å². The van der Waals surface area contributed by atoms with Crippen LogP contribution in [0.5, 0.6) is 0 Å². The fraction of sp³-hybridized carbons (Fsp3) is 0.417. The first-order valence-electron chi connectivity index (χ1n) is 10.5. The van der Waals surface area contributed by atoms with Crippen LogP contribution in [0.2, 0.25) is 0 Å². The smallest absolute Gasteiger partial charge is 0.245 e. The number of hydrogen-bond donors (Lipinski definition) is 0. The van der Waals surface area contributed by atoms with Crippen molar-refractivity contribution in [3.05, 3.63) is 65.2 Å². The van der Waals surface area contributed by atoms with E-state index in [0.29, 0.717) is 32.5 Å². The second-order valence-corrected chi connectivity index (χ2v) is 8.09. The molecule has 2 heterocycles. The lowest BCUT2D eigenvalue weighted by Crippen LogP contribution is -2.54. The number of likely N-dealkylation sites (tertiary alicyclic amines) is 1. The summed E-state index contributed by atoms with van der Waals surface area (Å²) in [4.78, 5) is 31.7. The van der Waals surface area contributed by atoms with Crippen LogP contribution < -0.4 is 4.90 Å². The highest BCUT2D eigenvalue weighted by atomic mass is 16.2. The van der Waals surface area contributed by atoms with Gasteiger partial charge in [-0.05, 0) is 43.0 Å². The van der Waals surface area contributed by atoms with E-state index in [1.165, 1.54) is 16.8 Å². The van der Waals surface area contributed by atoms with Crippen molar-refractivity contribution in [2.24, 2.45) is 0 Å². The molecule has 0 aromatic heterocycles. The number of piperazine rings is 1. The normalized spacial score (nSPS) is 19.7. The summed E-state index contributed by atoms with van der Waals surface area (Å²) in [6, 6.07) is 16.0. The molecule has 5 heteroatoms. The summed E-state index contributed by atoms with van der Waals surface area (Å²) in [5.74, 6) is 0.189. The second-order valence-electron chi connectivity index (χ2n) is 8.09. The standard InChI is InChI=1S/C24H29N3O2/c1-18-7-6-10-21(19(18)2)25-13-15-26(16-14-25)24(29)22-11-12-23(28)27(22)17-20-8-4-3-5-9-20/h3-10,22H,11-17H2,1-2H3. The van der Waals surface area contributed by atoms with Gasteiger partial charge in [-0.25, -0.2) is 0 Å². The number of amides is 2. The Hall–Kier alpha value is -2.82. The molecule has 0 N–H and O–H groups in total. The Labute approximate surface area is 172 Å². The predicted molar refractivity (Wildman–Crippen MR) is 115 cm³/mol. The molecule has 0 radical (unpaired) electrons. The summed E-state index contributed by atoms with van der Waals surface area (Å²) in [7, 11) is 0.